The Bertz CT molecular complexity index is 1380. The summed E-state index contributed by atoms with van der Waals surface area (Å²) in [6.45, 7) is 2.48. The lowest BCUT2D eigenvalue weighted by molar-refractivity contribution is -0.165. The number of ether oxygens (including phenoxy) is 2. The molecule has 1 spiro atoms. The van der Waals surface area contributed by atoms with E-state index in [0.717, 1.165) is 37.3 Å². The largest absolute Gasteiger partial charge is 0.508 e. The number of amides is 1. The number of benzene rings is 2. The van der Waals surface area contributed by atoms with Gasteiger partial charge in [0.15, 0.2) is 35.6 Å². The molecule has 6 rings (SSSR count). The summed E-state index contributed by atoms with van der Waals surface area (Å²) in [6, 6.07) is 11.0. The monoisotopic (exact) mass is 636 g/mol. The summed E-state index contributed by atoms with van der Waals surface area (Å²) in [5, 5.41) is 44.0. The van der Waals surface area contributed by atoms with Crippen molar-refractivity contribution in [1.29, 1.82) is 0 Å². The summed E-state index contributed by atoms with van der Waals surface area (Å²) in [5.41, 5.74) is 3.26. The number of piperidine rings is 1. The number of methoxy groups -OCH3 is 1. The highest BCUT2D eigenvalue weighted by Gasteiger charge is 2.65. The smallest absolute Gasteiger partial charge is 0.335 e. The van der Waals surface area contributed by atoms with Gasteiger partial charge in [0.05, 0.1) is 7.11 Å². The third-order valence-corrected chi connectivity index (χ3v) is 8.58. The molecule has 0 radical (unpaired) electrons. The number of ketones is 1. The molecule has 6 atom stereocenters. The molecule has 2 aliphatic carbocycles. The summed E-state index contributed by atoms with van der Waals surface area (Å²) in [5.74, 6) is -1.00. The van der Waals surface area contributed by atoms with Gasteiger partial charge in [-0.1, -0.05) is 6.07 Å². The first kappa shape index (κ1) is 36.9. The molecule has 2 fully saturated rings. The van der Waals surface area contributed by atoms with Gasteiger partial charge >= 0.3 is 11.9 Å². The number of carboxylic acids is 2. The van der Waals surface area contributed by atoms with Gasteiger partial charge < -0.3 is 56.2 Å². The average Bonchev–Trinajstić information content (AvgIpc) is 3.32. The summed E-state index contributed by atoms with van der Waals surface area (Å²) < 4.78 is 11.8. The molecule has 0 aromatic heterocycles. The lowest BCUT2D eigenvalue weighted by Crippen LogP contribution is -2.65. The summed E-state index contributed by atoms with van der Waals surface area (Å²) in [7, 11) is 3.91. The molecule has 1 saturated carbocycles. The highest BCUT2D eigenvalue weighted by atomic mass is 16.5. The molecule has 4 aliphatic rings. The number of hydrogen-bond acceptors (Lipinski definition) is 10. The molecule has 248 valence electrons. The van der Waals surface area contributed by atoms with Crippen molar-refractivity contribution in [2.75, 3.05) is 26.0 Å². The molecule has 2 aromatic rings. The van der Waals surface area contributed by atoms with Crippen molar-refractivity contribution in [2.24, 2.45) is 5.92 Å². The zero-order chi connectivity index (χ0) is 31.6. The van der Waals surface area contributed by atoms with Crippen molar-refractivity contribution in [1.82, 2.24) is 4.90 Å². The van der Waals surface area contributed by atoms with E-state index in [4.69, 9.17) is 35.0 Å². The number of aliphatic hydroxyl groups is 2. The normalized spacial score (nSPS) is 24.6. The fourth-order valence-corrected chi connectivity index (χ4v) is 6.69. The number of phenols is 1. The molecule has 1 saturated heterocycles. The second-order valence-corrected chi connectivity index (χ2v) is 11.1. The van der Waals surface area contributed by atoms with Crippen LogP contribution in [0.5, 0.6) is 17.2 Å². The first-order valence-electron chi connectivity index (χ1n) is 13.8. The minimum Gasteiger partial charge on any atom is -0.508 e. The van der Waals surface area contributed by atoms with E-state index in [-0.39, 0.29) is 39.9 Å². The number of carbonyl (C=O) groups excluding carboxylic acids is 2. The summed E-state index contributed by atoms with van der Waals surface area (Å²) in [6.07, 6.45) is -1.06. The molecular weight excluding hydrogens is 596 g/mol. The van der Waals surface area contributed by atoms with Crippen LogP contribution < -0.4 is 14.8 Å². The molecule has 45 heavy (non-hydrogen) atoms. The maximum absolute atomic E-state index is 12.6. The second kappa shape index (κ2) is 14.7. The number of nitrogens with zero attached hydrogens (tertiary/aromatic N) is 1. The van der Waals surface area contributed by atoms with E-state index in [1.807, 2.05) is 6.07 Å². The SMILES string of the molecule is CC(=O)Nc1ccc(O)cc1.COc1ccc2c3c1O[C@H]1C(=O)CC[C@H]4[C@@H](C2)N(C)CC[C@]314.O.O.O=C(O)[C@H](O)[C@@H](O)C(=O)O. The number of Topliss-reactive ketones (excluding diaryl/α,β-unsaturated/α-hetero) is 1. The third kappa shape index (κ3) is 7.02. The number of anilines is 1. The van der Waals surface area contributed by atoms with Gasteiger partial charge in [-0.2, -0.15) is 0 Å². The number of phenolic OH excluding ortho intramolecular Hbond substituents is 1. The van der Waals surface area contributed by atoms with E-state index in [2.05, 4.69) is 23.3 Å². The van der Waals surface area contributed by atoms with Crippen molar-refractivity contribution in [3.63, 3.8) is 0 Å². The minimum absolute atomic E-state index is 0. The van der Waals surface area contributed by atoms with Gasteiger partial charge in [0.25, 0.3) is 0 Å². The van der Waals surface area contributed by atoms with Gasteiger partial charge in [0, 0.05) is 36.1 Å². The summed E-state index contributed by atoms with van der Waals surface area (Å²) in [4.78, 5) is 45.2. The van der Waals surface area contributed by atoms with Crippen LogP contribution in [0, 0.1) is 5.92 Å². The molecule has 1 amide bonds. The summed E-state index contributed by atoms with van der Waals surface area (Å²) >= 11 is 0. The van der Waals surface area contributed by atoms with Crippen LogP contribution >= 0.6 is 0 Å². The van der Waals surface area contributed by atoms with Gasteiger partial charge in [-0.3, -0.25) is 9.59 Å². The van der Waals surface area contributed by atoms with Crippen LogP contribution in [0.2, 0.25) is 0 Å². The van der Waals surface area contributed by atoms with Crippen molar-refractivity contribution in [2.45, 2.75) is 62.4 Å². The van der Waals surface area contributed by atoms with Gasteiger partial charge in [-0.05, 0) is 74.7 Å². The van der Waals surface area contributed by atoms with Crippen LogP contribution in [0.25, 0.3) is 0 Å². The first-order chi connectivity index (χ1) is 20.3. The Hall–Kier alpha value is -4.28. The number of likely N-dealkylation sites (N-methyl/N-ethyl adjacent to an activating group) is 1. The first-order valence-corrected chi connectivity index (χ1v) is 13.8. The number of carbonyl (C=O) groups is 4. The van der Waals surface area contributed by atoms with Gasteiger partial charge in [0.1, 0.15) is 5.75 Å². The Morgan fingerprint density at radius 1 is 1.04 bits per heavy atom. The topological polar surface area (TPSA) is 266 Å². The second-order valence-electron chi connectivity index (χ2n) is 11.1. The average molecular weight is 637 g/mol. The molecule has 15 nitrogen and oxygen atoms in total. The maximum Gasteiger partial charge on any atom is 0.335 e. The maximum atomic E-state index is 12.6. The molecule has 2 aromatic carbocycles. The minimum atomic E-state index is -2.27. The molecular formula is C30H40N2O13. The van der Waals surface area contributed by atoms with Crippen LogP contribution in [-0.4, -0.2) is 110 Å². The van der Waals surface area contributed by atoms with Gasteiger partial charge in [-0.25, -0.2) is 9.59 Å². The zero-order valence-corrected chi connectivity index (χ0v) is 25.0. The Morgan fingerprint density at radius 2 is 1.64 bits per heavy atom. The van der Waals surface area contributed by atoms with Crippen LogP contribution in [0.1, 0.15) is 37.3 Å². The van der Waals surface area contributed by atoms with E-state index >= 15 is 0 Å². The van der Waals surface area contributed by atoms with E-state index in [1.54, 1.807) is 19.2 Å². The highest BCUT2D eigenvalue weighted by Crippen LogP contribution is 2.63. The van der Waals surface area contributed by atoms with Gasteiger partial charge in [0.2, 0.25) is 5.91 Å². The zero-order valence-electron chi connectivity index (χ0n) is 25.0. The molecule has 2 heterocycles. The molecule has 15 heteroatoms. The molecule has 2 aliphatic heterocycles. The van der Waals surface area contributed by atoms with Crippen molar-refractivity contribution < 1.29 is 65.1 Å². The van der Waals surface area contributed by atoms with Gasteiger partial charge in [-0.15, -0.1) is 0 Å². The number of aliphatic carboxylic acids is 2. The molecule has 10 N–H and O–H groups in total. The predicted molar refractivity (Wildman–Crippen MR) is 158 cm³/mol. The number of aromatic hydroxyl groups is 1. The fourth-order valence-electron chi connectivity index (χ4n) is 6.69. The lowest BCUT2D eigenvalue weighted by atomic mass is 9.52. The van der Waals surface area contributed by atoms with E-state index in [0.29, 0.717) is 24.1 Å². The Balaban J connectivity index is 0.000000262. The number of aliphatic hydroxyl groups excluding tert-OH is 2. The molecule has 2 bridgehead atoms. The Labute approximate surface area is 258 Å². The van der Waals surface area contributed by atoms with Crippen LogP contribution in [-0.2, 0) is 31.0 Å². The van der Waals surface area contributed by atoms with E-state index in [1.165, 1.54) is 30.2 Å². The molecule has 0 unspecified atom stereocenters. The fraction of sp³-hybridized carbons (Fsp3) is 0.467. The van der Waals surface area contributed by atoms with Crippen LogP contribution in [0.3, 0.4) is 0 Å². The predicted octanol–water partition coefficient (Wildman–Crippen LogP) is -0.488. The van der Waals surface area contributed by atoms with E-state index < -0.39 is 24.1 Å². The lowest BCUT2D eigenvalue weighted by Gasteiger charge is -2.57. The Kier molecular flexibility index (Phi) is 12.0. The number of carboxylic acid groups (broad SMARTS) is 2. The highest BCUT2D eigenvalue weighted by molar-refractivity contribution is 5.89. The standard InChI is InChI=1S/C18H21NO3.C8H9NO2.C4H6O6.2H2O/c1-19-8-7-18-11-4-5-13(20)17(18)22-16-14(21-2)6-3-10(15(16)18)9-12(11)19;1-6(10)9-7-2-4-8(11)5-3-7;5-1(3(7)8)2(6)4(9)10;;/h3,6,11-12,17H,4-5,7-9H2,1-2H3;2-5,11H,1H3,(H,9,10);1-2,5-6H,(H,7,8)(H,9,10);2*1H2/t11-,12+,17-,18-;;1-,2-;;/m0.1../s1. The number of likely N-dealkylation sites (tertiary alicyclic amines) is 1. The van der Waals surface area contributed by atoms with Crippen molar-refractivity contribution in [3.05, 3.63) is 47.5 Å². The van der Waals surface area contributed by atoms with Crippen LogP contribution in [0.4, 0.5) is 5.69 Å². The number of hydrogen-bond donors (Lipinski definition) is 6. The van der Waals surface area contributed by atoms with E-state index in [9.17, 15) is 19.2 Å². The van der Waals surface area contributed by atoms with Crippen LogP contribution in [0.15, 0.2) is 36.4 Å². The Morgan fingerprint density at radius 3 is 2.18 bits per heavy atom. The number of nitrogens with one attached hydrogen (secondary N) is 1. The number of rotatable bonds is 5. The van der Waals surface area contributed by atoms with Crippen molar-refractivity contribution >= 4 is 29.3 Å². The quantitative estimate of drug-likeness (QED) is 0.227. The third-order valence-electron chi connectivity index (χ3n) is 8.58. The van der Waals surface area contributed by atoms with Crippen molar-refractivity contribution in [3.8, 4) is 17.2 Å².